The molecule has 0 rings (SSSR count). The highest BCUT2D eigenvalue weighted by Gasteiger charge is 1.94. The van der Waals surface area contributed by atoms with Gasteiger partial charge in [0.25, 0.3) is 0 Å². The van der Waals surface area contributed by atoms with Crippen LogP contribution in [-0.4, -0.2) is 11.6 Å². The summed E-state index contributed by atoms with van der Waals surface area (Å²) < 4.78 is 38.8. The van der Waals surface area contributed by atoms with Crippen molar-refractivity contribution in [2.45, 2.75) is 13.7 Å². The van der Waals surface area contributed by atoms with E-state index >= 15 is 0 Å². The molecule has 0 atom stereocenters. The zero-order chi connectivity index (χ0) is 10.2. The van der Waals surface area contributed by atoms with E-state index in [0.717, 1.165) is 0 Å². The maximum Gasteiger partial charge on any atom is 0.195 e. The van der Waals surface area contributed by atoms with Crippen molar-refractivity contribution in [1.29, 1.82) is 0 Å². The Bertz CT molecular complexity index is 187. The van der Waals surface area contributed by atoms with E-state index in [1.807, 2.05) is 0 Å². The molecule has 0 radical (unpaired) electrons. The number of hydrogen-bond donors (Lipinski definition) is 0. The fraction of sp³-hybridized carbons (Fsp3) is 0.500. The van der Waals surface area contributed by atoms with Gasteiger partial charge in [0.1, 0.15) is 0 Å². The van der Waals surface area contributed by atoms with Gasteiger partial charge in [0.2, 0.25) is 0 Å². The van der Waals surface area contributed by atoms with Crippen molar-refractivity contribution >= 4 is 11.6 Å². The molecule has 0 fully saturated rings. The fourth-order valence-corrected chi connectivity index (χ4v) is 0. The van der Waals surface area contributed by atoms with E-state index in [9.17, 15) is 9.59 Å². The minimum Gasteiger partial charge on any atom is -0.291 e. The summed E-state index contributed by atoms with van der Waals surface area (Å²) in [5.41, 5.74) is 0. The van der Waals surface area contributed by atoms with E-state index in [1.165, 1.54) is 0 Å². The molecule has 2 heteroatoms. The van der Waals surface area contributed by atoms with Crippen molar-refractivity contribution in [1.82, 2.24) is 0 Å². The number of Topliss-reactive ketones (excluding diaryl/α,β-unsaturated/α-hetero) is 2. The van der Waals surface area contributed by atoms with Gasteiger partial charge in [0.05, 0.1) is 0 Å². The largest absolute Gasteiger partial charge is 0.291 e. The van der Waals surface area contributed by atoms with Crippen LogP contribution in [0.5, 0.6) is 0 Å². The third-order valence-corrected chi connectivity index (χ3v) is 0.206. The van der Waals surface area contributed by atoms with Crippen LogP contribution >= 0.6 is 0 Å². The molecule has 0 spiro atoms. The van der Waals surface area contributed by atoms with Gasteiger partial charge < -0.3 is 0 Å². The lowest BCUT2D eigenvalue weighted by Gasteiger charge is -1.73. The van der Waals surface area contributed by atoms with Crippen molar-refractivity contribution in [3.05, 3.63) is 0 Å². The van der Waals surface area contributed by atoms with Crippen molar-refractivity contribution in [2.75, 3.05) is 0 Å². The Labute approximate surface area is 44.6 Å². The quantitative estimate of drug-likeness (QED) is 0.432. The average Bonchev–Trinajstić information content (AvgIpc) is 1.80. The minimum atomic E-state index is -3.16. The number of ketones is 2. The summed E-state index contributed by atoms with van der Waals surface area (Å²) >= 11 is 0. The zero-order valence-corrected chi connectivity index (χ0v) is 2.82. The molecule has 2 nitrogen and oxygen atoms in total. The van der Waals surface area contributed by atoms with Crippen molar-refractivity contribution in [3.8, 4) is 0 Å². The van der Waals surface area contributed by atoms with Gasteiger partial charge in [-0.15, -0.1) is 0 Å². The van der Waals surface area contributed by atoms with E-state index < -0.39 is 25.3 Å². The Hall–Kier alpha value is -0.660. The van der Waals surface area contributed by atoms with Crippen LogP contribution in [0.2, 0.25) is 0 Å². The van der Waals surface area contributed by atoms with Crippen LogP contribution < -0.4 is 0 Å². The minimum absolute atomic E-state index is 1.84. The molecule has 0 aromatic carbocycles. The summed E-state index contributed by atoms with van der Waals surface area (Å²) in [4.78, 5) is 21.1. The lowest BCUT2D eigenvalue weighted by atomic mass is 10.3. The molecule has 0 N–H and O–H groups in total. The predicted molar refractivity (Wildman–Crippen MR) is 21.4 cm³/mol. The molecule has 6 heavy (non-hydrogen) atoms. The van der Waals surface area contributed by atoms with Crippen molar-refractivity contribution in [3.63, 3.8) is 0 Å². The summed E-state index contributed by atoms with van der Waals surface area (Å²) in [5, 5.41) is 0. The SMILES string of the molecule is [2H]C([2H])([2H])C(=O)C(=O)C([2H])([2H])[2H]. The second kappa shape index (κ2) is 1.70. The highest BCUT2D eigenvalue weighted by Crippen LogP contribution is 1.66. The van der Waals surface area contributed by atoms with Crippen LogP contribution in [0.25, 0.3) is 0 Å². The Morgan fingerprint density at radius 3 is 1.83 bits per heavy atom. The summed E-state index contributed by atoms with van der Waals surface area (Å²) in [6, 6.07) is 0. The number of rotatable bonds is 1. The zero-order valence-electron chi connectivity index (χ0n) is 8.82. The molecule has 0 aliphatic carbocycles. The maximum absolute atomic E-state index is 10.5. The highest BCUT2D eigenvalue weighted by molar-refractivity contribution is 6.35. The predicted octanol–water partition coefficient (Wildman–Crippen LogP) is 0.164. The van der Waals surface area contributed by atoms with Gasteiger partial charge >= 0.3 is 0 Å². The molecule has 0 bridgehead atoms. The van der Waals surface area contributed by atoms with Gasteiger partial charge in [-0.25, -0.2) is 0 Å². The van der Waals surface area contributed by atoms with Crippen LogP contribution in [0.4, 0.5) is 0 Å². The van der Waals surface area contributed by atoms with E-state index in [1.54, 1.807) is 0 Å². The lowest BCUT2D eigenvalue weighted by Crippen LogP contribution is -2.01. The first-order valence-corrected chi connectivity index (χ1v) is 1.16. The molecule has 0 aromatic rings. The van der Waals surface area contributed by atoms with E-state index in [2.05, 4.69) is 0 Å². The van der Waals surface area contributed by atoms with Crippen LogP contribution in [0.15, 0.2) is 0 Å². The second-order valence-corrected chi connectivity index (χ2v) is 0.658. The number of carbonyl (C=O) groups excluding carboxylic acids is 2. The Morgan fingerprint density at radius 2 is 1.67 bits per heavy atom. The standard InChI is InChI=1S/C4H6O2/c1-3(5)4(2)6/h1-2H3/i1D3,2D3. The summed E-state index contributed by atoms with van der Waals surface area (Å²) in [7, 11) is 0. The summed E-state index contributed by atoms with van der Waals surface area (Å²) in [6.45, 7) is -6.32. The van der Waals surface area contributed by atoms with Gasteiger partial charge in [-0.05, 0) is 0 Å². The molecule has 0 saturated carbocycles. The molecule has 0 aliphatic rings. The molecule has 0 aromatic heterocycles. The van der Waals surface area contributed by atoms with Crippen LogP contribution in [-0.2, 0) is 9.59 Å². The molecule has 0 unspecified atom stereocenters. The molecule has 0 heterocycles. The maximum atomic E-state index is 10.5. The average molecular weight is 92.1 g/mol. The lowest BCUT2D eigenvalue weighted by molar-refractivity contribution is -0.134. The monoisotopic (exact) mass is 92.1 g/mol. The second-order valence-electron chi connectivity index (χ2n) is 0.658. The van der Waals surface area contributed by atoms with Crippen molar-refractivity contribution in [2.24, 2.45) is 0 Å². The van der Waals surface area contributed by atoms with Gasteiger partial charge in [0, 0.05) is 21.9 Å². The molecular formula is C4H6O2. The molecule has 34 valence electrons. The first-order chi connectivity index (χ1) is 5.07. The summed E-state index contributed by atoms with van der Waals surface area (Å²) in [6.07, 6.45) is 0. The molecule has 0 saturated heterocycles. The van der Waals surface area contributed by atoms with Gasteiger partial charge in [-0.3, -0.25) is 9.59 Å². The molecule has 0 aliphatic heterocycles. The number of hydrogen-bond acceptors (Lipinski definition) is 2. The van der Waals surface area contributed by atoms with Crippen LogP contribution in [0, 0.1) is 0 Å². The van der Waals surface area contributed by atoms with Crippen LogP contribution in [0.1, 0.15) is 21.9 Å². The van der Waals surface area contributed by atoms with Crippen LogP contribution in [0.3, 0.4) is 0 Å². The first-order valence-electron chi connectivity index (χ1n) is 4.16. The Morgan fingerprint density at radius 1 is 1.33 bits per heavy atom. The first kappa shape index (κ1) is 0.941. The summed E-state index contributed by atoms with van der Waals surface area (Å²) in [5.74, 6) is -3.69. The van der Waals surface area contributed by atoms with Gasteiger partial charge in [-0.1, -0.05) is 0 Å². The van der Waals surface area contributed by atoms with Gasteiger partial charge in [-0.2, -0.15) is 0 Å². The van der Waals surface area contributed by atoms with E-state index in [-0.39, 0.29) is 0 Å². The third-order valence-electron chi connectivity index (χ3n) is 0.206. The topological polar surface area (TPSA) is 34.1 Å². The molecular weight excluding hydrogens is 80.0 g/mol. The normalized spacial score (nSPS) is 26.7. The van der Waals surface area contributed by atoms with E-state index in [0.29, 0.717) is 0 Å². The Balaban J connectivity index is 4.66. The fourth-order valence-electron chi connectivity index (χ4n) is 0. The smallest absolute Gasteiger partial charge is 0.195 e. The van der Waals surface area contributed by atoms with E-state index in [4.69, 9.17) is 8.22 Å². The number of carbonyl (C=O) groups is 2. The Kier molecular flexibility index (Phi) is 0.266. The highest BCUT2D eigenvalue weighted by atomic mass is 16.2. The van der Waals surface area contributed by atoms with Gasteiger partial charge in [0.15, 0.2) is 11.6 Å². The third kappa shape index (κ3) is 1.64. The molecule has 0 amide bonds. The van der Waals surface area contributed by atoms with Crippen molar-refractivity contribution < 1.29 is 17.8 Å².